The third-order valence-corrected chi connectivity index (χ3v) is 5.54. The van der Waals surface area contributed by atoms with Gasteiger partial charge in [0, 0.05) is 32.2 Å². The van der Waals surface area contributed by atoms with Crippen molar-refractivity contribution in [3.63, 3.8) is 0 Å². The summed E-state index contributed by atoms with van der Waals surface area (Å²) >= 11 is 0. The summed E-state index contributed by atoms with van der Waals surface area (Å²) < 4.78 is 0. The van der Waals surface area contributed by atoms with Crippen molar-refractivity contribution < 1.29 is 4.79 Å². The minimum Gasteiger partial charge on any atom is -0.341 e. The van der Waals surface area contributed by atoms with Gasteiger partial charge in [-0.25, -0.2) is 0 Å². The highest BCUT2D eigenvalue weighted by Gasteiger charge is 2.53. The first kappa shape index (κ1) is 13.9. The minimum atomic E-state index is -0.627. The molecule has 3 rings (SSSR count). The maximum absolute atomic E-state index is 12.3. The van der Waals surface area contributed by atoms with Crippen LogP contribution in [0.1, 0.15) is 39.5 Å². The summed E-state index contributed by atoms with van der Waals surface area (Å²) in [5, 5.41) is 9.12. The van der Waals surface area contributed by atoms with Gasteiger partial charge in [0.25, 0.3) is 0 Å². The molecule has 110 valence electrons. The zero-order chi connectivity index (χ0) is 14.3. The van der Waals surface area contributed by atoms with Crippen LogP contribution in [0.2, 0.25) is 0 Å². The van der Waals surface area contributed by atoms with E-state index in [-0.39, 0.29) is 5.91 Å². The standard InChI is InChI=1S/C16H25N3O/c1-12(2)19-9-14(10-19)13-3-7-18(8-4-13)15(20)16(11-17)5-6-16/h12-14H,3-10H2,1-2H3. The summed E-state index contributed by atoms with van der Waals surface area (Å²) in [6, 6.07) is 2.89. The molecule has 4 nitrogen and oxygen atoms in total. The van der Waals surface area contributed by atoms with E-state index in [2.05, 4.69) is 24.8 Å². The lowest BCUT2D eigenvalue weighted by molar-refractivity contribution is -0.137. The Morgan fingerprint density at radius 2 is 1.80 bits per heavy atom. The van der Waals surface area contributed by atoms with Gasteiger partial charge in [0.2, 0.25) is 5.91 Å². The van der Waals surface area contributed by atoms with Crippen molar-refractivity contribution in [1.29, 1.82) is 5.26 Å². The van der Waals surface area contributed by atoms with Gasteiger partial charge in [-0.05, 0) is 51.4 Å². The van der Waals surface area contributed by atoms with Crippen molar-refractivity contribution in [2.45, 2.75) is 45.6 Å². The van der Waals surface area contributed by atoms with Gasteiger partial charge < -0.3 is 9.80 Å². The predicted octanol–water partition coefficient (Wildman–Crippen LogP) is 1.87. The Bertz CT molecular complexity index is 421. The number of carbonyl (C=O) groups is 1. The summed E-state index contributed by atoms with van der Waals surface area (Å²) in [7, 11) is 0. The van der Waals surface area contributed by atoms with Gasteiger partial charge in [-0.15, -0.1) is 0 Å². The lowest BCUT2D eigenvalue weighted by Gasteiger charge is -2.48. The van der Waals surface area contributed by atoms with E-state index in [1.807, 2.05) is 4.90 Å². The maximum atomic E-state index is 12.3. The lowest BCUT2D eigenvalue weighted by atomic mass is 9.79. The molecule has 0 spiro atoms. The second-order valence-electron chi connectivity index (χ2n) is 7.13. The van der Waals surface area contributed by atoms with E-state index in [4.69, 9.17) is 5.26 Å². The summed E-state index contributed by atoms with van der Waals surface area (Å²) in [6.45, 7) is 8.72. The zero-order valence-corrected chi connectivity index (χ0v) is 12.6. The normalized spacial score (nSPS) is 27.2. The van der Waals surface area contributed by atoms with Crippen LogP contribution < -0.4 is 0 Å². The molecule has 0 aromatic carbocycles. The smallest absolute Gasteiger partial charge is 0.243 e. The Hall–Kier alpha value is -1.08. The van der Waals surface area contributed by atoms with E-state index in [9.17, 15) is 4.79 Å². The SMILES string of the molecule is CC(C)N1CC(C2CCN(C(=O)C3(C#N)CC3)CC2)C1. The summed E-state index contributed by atoms with van der Waals surface area (Å²) in [5.41, 5.74) is -0.627. The van der Waals surface area contributed by atoms with Crippen LogP contribution in [-0.4, -0.2) is 47.9 Å². The van der Waals surface area contributed by atoms with E-state index in [0.29, 0.717) is 6.04 Å². The third kappa shape index (κ3) is 2.33. The molecule has 1 saturated carbocycles. The summed E-state index contributed by atoms with van der Waals surface area (Å²) in [4.78, 5) is 16.8. The lowest BCUT2D eigenvalue weighted by Crippen LogP contribution is -2.55. The molecule has 0 unspecified atom stereocenters. The number of nitriles is 1. The Kier molecular flexibility index (Phi) is 3.50. The molecule has 0 aromatic rings. The number of nitrogens with zero attached hydrogens (tertiary/aromatic N) is 3. The van der Waals surface area contributed by atoms with Crippen molar-refractivity contribution in [3.8, 4) is 6.07 Å². The molecule has 0 atom stereocenters. The molecule has 20 heavy (non-hydrogen) atoms. The van der Waals surface area contributed by atoms with Crippen LogP contribution in [0.15, 0.2) is 0 Å². The predicted molar refractivity (Wildman–Crippen MR) is 76.8 cm³/mol. The molecule has 0 N–H and O–H groups in total. The average Bonchev–Trinajstić information content (AvgIpc) is 3.17. The minimum absolute atomic E-state index is 0.107. The number of hydrogen-bond acceptors (Lipinski definition) is 3. The van der Waals surface area contributed by atoms with Gasteiger partial charge in [-0.3, -0.25) is 4.79 Å². The van der Waals surface area contributed by atoms with Gasteiger partial charge in [0.1, 0.15) is 5.41 Å². The number of hydrogen-bond donors (Lipinski definition) is 0. The van der Waals surface area contributed by atoms with Crippen molar-refractivity contribution in [3.05, 3.63) is 0 Å². The molecule has 2 saturated heterocycles. The van der Waals surface area contributed by atoms with Gasteiger partial charge in [0.15, 0.2) is 0 Å². The Morgan fingerprint density at radius 1 is 1.20 bits per heavy atom. The molecule has 4 heteroatoms. The second-order valence-corrected chi connectivity index (χ2v) is 7.13. The van der Waals surface area contributed by atoms with Crippen molar-refractivity contribution in [2.75, 3.05) is 26.2 Å². The Morgan fingerprint density at radius 3 is 2.25 bits per heavy atom. The van der Waals surface area contributed by atoms with E-state index < -0.39 is 5.41 Å². The van der Waals surface area contributed by atoms with Crippen LogP contribution in [-0.2, 0) is 4.79 Å². The fraction of sp³-hybridized carbons (Fsp3) is 0.875. The zero-order valence-electron chi connectivity index (χ0n) is 12.6. The molecular weight excluding hydrogens is 250 g/mol. The van der Waals surface area contributed by atoms with Crippen LogP contribution in [0.25, 0.3) is 0 Å². The fourth-order valence-electron chi connectivity index (χ4n) is 3.64. The van der Waals surface area contributed by atoms with Crippen LogP contribution in [0.3, 0.4) is 0 Å². The average molecular weight is 275 g/mol. The Balaban J connectivity index is 1.46. The van der Waals surface area contributed by atoms with Crippen molar-refractivity contribution in [2.24, 2.45) is 17.3 Å². The van der Waals surface area contributed by atoms with Crippen LogP contribution >= 0.6 is 0 Å². The number of piperidine rings is 1. The highest BCUT2D eigenvalue weighted by Crippen LogP contribution is 2.47. The molecular formula is C16H25N3O. The fourth-order valence-corrected chi connectivity index (χ4v) is 3.64. The first-order valence-electron chi connectivity index (χ1n) is 8.00. The van der Waals surface area contributed by atoms with Gasteiger partial charge >= 0.3 is 0 Å². The Labute approximate surface area is 121 Å². The first-order chi connectivity index (χ1) is 9.55. The molecule has 3 fully saturated rings. The van der Waals surface area contributed by atoms with Gasteiger partial charge in [0.05, 0.1) is 6.07 Å². The van der Waals surface area contributed by atoms with Gasteiger partial charge in [-0.2, -0.15) is 5.26 Å². The van der Waals surface area contributed by atoms with Crippen molar-refractivity contribution >= 4 is 5.91 Å². The monoisotopic (exact) mass is 275 g/mol. The van der Waals surface area contributed by atoms with E-state index in [1.54, 1.807) is 0 Å². The number of rotatable bonds is 3. The molecule has 0 radical (unpaired) electrons. The molecule has 0 bridgehead atoms. The molecule has 1 amide bonds. The third-order valence-electron chi connectivity index (χ3n) is 5.54. The van der Waals surface area contributed by atoms with Crippen LogP contribution in [0.4, 0.5) is 0 Å². The van der Waals surface area contributed by atoms with Crippen LogP contribution in [0.5, 0.6) is 0 Å². The van der Waals surface area contributed by atoms with E-state index in [0.717, 1.165) is 50.6 Å². The first-order valence-corrected chi connectivity index (χ1v) is 8.00. The number of carbonyl (C=O) groups excluding carboxylic acids is 1. The van der Waals surface area contributed by atoms with E-state index in [1.165, 1.54) is 13.1 Å². The van der Waals surface area contributed by atoms with Crippen LogP contribution in [0, 0.1) is 28.6 Å². The quantitative estimate of drug-likeness (QED) is 0.790. The highest BCUT2D eigenvalue weighted by molar-refractivity contribution is 5.88. The largest absolute Gasteiger partial charge is 0.341 e. The molecule has 2 heterocycles. The highest BCUT2D eigenvalue weighted by atomic mass is 16.2. The van der Waals surface area contributed by atoms with E-state index >= 15 is 0 Å². The maximum Gasteiger partial charge on any atom is 0.243 e. The molecule has 2 aliphatic heterocycles. The molecule has 1 aliphatic carbocycles. The molecule has 3 aliphatic rings. The summed E-state index contributed by atoms with van der Waals surface area (Å²) in [6.07, 6.45) is 3.80. The van der Waals surface area contributed by atoms with Crippen molar-refractivity contribution in [1.82, 2.24) is 9.80 Å². The van der Waals surface area contributed by atoms with Gasteiger partial charge in [-0.1, -0.05) is 0 Å². The number of likely N-dealkylation sites (tertiary alicyclic amines) is 2. The summed E-state index contributed by atoms with van der Waals surface area (Å²) in [5.74, 6) is 1.72. The number of amides is 1. The second kappa shape index (κ2) is 5.04. The topological polar surface area (TPSA) is 47.3 Å². The molecule has 0 aromatic heterocycles.